The summed E-state index contributed by atoms with van der Waals surface area (Å²) in [5.41, 5.74) is 0.742. The van der Waals surface area contributed by atoms with Gasteiger partial charge >= 0.3 is 6.03 Å². The minimum Gasteiger partial charge on any atom is -0.486 e. The molecule has 2 atom stereocenters. The van der Waals surface area contributed by atoms with E-state index in [1.807, 2.05) is 13.0 Å². The summed E-state index contributed by atoms with van der Waals surface area (Å²) in [5.74, 6) is 1.29. The Morgan fingerprint density at radius 1 is 1.36 bits per heavy atom. The summed E-state index contributed by atoms with van der Waals surface area (Å²) in [7, 11) is 1.58. The number of amides is 3. The molecule has 3 amide bonds. The molecule has 8 nitrogen and oxygen atoms in total. The molecule has 2 heterocycles. The van der Waals surface area contributed by atoms with E-state index in [-0.39, 0.29) is 30.4 Å². The van der Waals surface area contributed by atoms with Gasteiger partial charge in [-0.3, -0.25) is 4.79 Å². The van der Waals surface area contributed by atoms with Gasteiger partial charge in [0, 0.05) is 31.8 Å². The van der Waals surface area contributed by atoms with Crippen LogP contribution in [0.15, 0.2) is 18.2 Å². The Bertz CT molecular complexity index is 651. The van der Waals surface area contributed by atoms with Crippen molar-refractivity contribution in [2.24, 2.45) is 0 Å². The average molecular weight is 349 g/mol. The number of carbonyl (C=O) groups excluding carboxylic acids is 2. The number of hydrogen-bond donors (Lipinski definition) is 2. The van der Waals surface area contributed by atoms with Crippen LogP contribution in [0.2, 0.25) is 0 Å². The first kappa shape index (κ1) is 17.3. The van der Waals surface area contributed by atoms with Gasteiger partial charge in [0.1, 0.15) is 13.2 Å². The number of fused-ring (bicyclic) bond motifs is 1. The van der Waals surface area contributed by atoms with Crippen molar-refractivity contribution in [2.45, 2.75) is 25.4 Å². The van der Waals surface area contributed by atoms with E-state index in [0.29, 0.717) is 37.9 Å². The second kappa shape index (κ2) is 7.60. The van der Waals surface area contributed by atoms with E-state index in [4.69, 9.17) is 14.2 Å². The highest BCUT2D eigenvalue weighted by Gasteiger charge is 2.32. The van der Waals surface area contributed by atoms with Crippen LogP contribution in [0.25, 0.3) is 0 Å². The van der Waals surface area contributed by atoms with Crippen molar-refractivity contribution in [3.63, 3.8) is 0 Å². The Labute approximate surface area is 146 Å². The minimum atomic E-state index is -0.300. The largest absolute Gasteiger partial charge is 0.486 e. The maximum absolute atomic E-state index is 12.3. The summed E-state index contributed by atoms with van der Waals surface area (Å²) >= 11 is 0. The van der Waals surface area contributed by atoms with Crippen LogP contribution in [-0.2, 0) is 9.53 Å². The number of carbonyl (C=O) groups is 2. The SMILES string of the molecule is COCC(C)NC(=O)NC1CC(=O)N(c2ccc3c(c2)OCCO3)C1. The molecule has 2 unspecified atom stereocenters. The first-order chi connectivity index (χ1) is 12.1. The molecule has 8 heteroatoms. The molecular weight excluding hydrogens is 326 g/mol. The molecular formula is C17H23N3O5. The van der Waals surface area contributed by atoms with E-state index in [1.165, 1.54) is 0 Å². The Morgan fingerprint density at radius 3 is 2.88 bits per heavy atom. The fourth-order valence-corrected chi connectivity index (χ4v) is 3.00. The van der Waals surface area contributed by atoms with Gasteiger partial charge in [-0.25, -0.2) is 4.79 Å². The van der Waals surface area contributed by atoms with Crippen LogP contribution in [0.1, 0.15) is 13.3 Å². The highest BCUT2D eigenvalue weighted by molar-refractivity contribution is 5.97. The Kier molecular flexibility index (Phi) is 5.28. The molecule has 136 valence electrons. The molecule has 0 saturated carbocycles. The molecule has 1 fully saturated rings. The van der Waals surface area contributed by atoms with Gasteiger partial charge in [-0.15, -0.1) is 0 Å². The van der Waals surface area contributed by atoms with Gasteiger partial charge in [0.25, 0.3) is 0 Å². The molecule has 0 aromatic heterocycles. The van der Waals surface area contributed by atoms with Crippen LogP contribution < -0.4 is 25.0 Å². The molecule has 1 saturated heterocycles. The monoisotopic (exact) mass is 349 g/mol. The molecule has 2 aliphatic rings. The normalized spacial score (nSPS) is 20.3. The van der Waals surface area contributed by atoms with Crippen LogP contribution in [0.5, 0.6) is 11.5 Å². The van der Waals surface area contributed by atoms with Crippen molar-refractivity contribution in [3.8, 4) is 11.5 Å². The standard InChI is InChI=1S/C17H23N3O5/c1-11(10-23-2)18-17(22)19-12-7-16(21)20(9-12)13-3-4-14-15(8-13)25-6-5-24-14/h3-4,8,11-12H,5-7,9-10H2,1-2H3,(H2,18,19,22). The van der Waals surface area contributed by atoms with E-state index in [1.54, 1.807) is 24.1 Å². The van der Waals surface area contributed by atoms with E-state index in [2.05, 4.69) is 10.6 Å². The lowest BCUT2D eigenvalue weighted by molar-refractivity contribution is -0.117. The maximum atomic E-state index is 12.3. The van der Waals surface area contributed by atoms with Crippen molar-refractivity contribution in [1.82, 2.24) is 10.6 Å². The summed E-state index contributed by atoms with van der Waals surface area (Å²) in [6.45, 7) is 3.72. The lowest BCUT2D eigenvalue weighted by atomic mass is 10.2. The summed E-state index contributed by atoms with van der Waals surface area (Å²) in [6, 6.07) is 4.79. The summed E-state index contributed by atoms with van der Waals surface area (Å²) < 4.78 is 16.0. The summed E-state index contributed by atoms with van der Waals surface area (Å²) in [6.07, 6.45) is 0.264. The Morgan fingerprint density at radius 2 is 2.12 bits per heavy atom. The summed E-state index contributed by atoms with van der Waals surface area (Å²) in [5, 5.41) is 5.61. The zero-order chi connectivity index (χ0) is 17.8. The van der Waals surface area contributed by atoms with Crippen molar-refractivity contribution >= 4 is 17.6 Å². The van der Waals surface area contributed by atoms with Crippen LogP contribution >= 0.6 is 0 Å². The number of benzene rings is 1. The van der Waals surface area contributed by atoms with Crippen LogP contribution in [0.3, 0.4) is 0 Å². The number of hydrogen-bond acceptors (Lipinski definition) is 5. The lowest BCUT2D eigenvalue weighted by Gasteiger charge is -2.22. The van der Waals surface area contributed by atoms with Crippen molar-refractivity contribution < 1.29 is 23.8 Å². The molecule has 1 aromatic rings. The van der Waals surface area contributed by atoms with Gasteiger partial charge < -0.3 is 29.7 Å². The number of ether oxygens (including phenoxy) is 3. The van der Waals surface area contributed by atoms with Gasteiger partial charge in [-0.1, -0.05) is 0 Å². The molecule has 1 aromatic carbocycles. The second-order valence-corrected chi connectivity index (χ2v) is 6.21. The predicted octanol–water partition coefficient (Wildman–Crippen LogP) is 0.897. The Balaban J connectivity index is 1.60. The third kappa shape index (κ3) is 4.14. The fraction of sp³-hybridized carbons (Fsp3) is 0.529. The lowest BCUT2D eigenvalue weighted by Crippen LogP contribution is -2.47. The van der Waals surface area contributed by atoms with Crippen molar-refractivity contribution in [1.29, 1.82) is 0 Å². The number of nitrogens with one attached hydrogen (secondary N) is 2. The molecule has 0 aliphatic carbocycles. The van der Waals surface area contributed by atoms with E-state index < -0.39 is 0 Å². The topological polar surface area (TPSA) is 89.1 Å². The fourth-order valence-electron chi connectivity index (χ4n) is 3.00. The zero-order valence-electron chi connectivity index (χ0n) is 14.4. The summed E-state index contributed by atoms with van der Waals surface area (Å²) in [4.78, 5) is 26.0. The quantitative estimate of drug-likeness (QED) is 0.824. The molecule has 2 aliphatic heterocycles. The van der Waals surface area contributed by atoms with E-state index in [9.17, 15) is 9.59 Å². The average Bonchev–Trinajstić information content (AvgIpc) is 2.94. The first-order valence-electron chi connectivity index (χ1n) is 8.33. The molecule has 0 spiro atoms. The highest BCUT2D eigenvalue weighted by atomic mass is 16.6. The molecule has 25 heavy (non-hydrogen) atoms. The number of urea groups is 1. The molecule has 0 bridgehead atoms. The third-order valence-electron chi connectivity index (χ3n) is 4.09. The van der Waals surface area contributed by atoms with Gasteiger partial charge in [0.05, 0.1) is 18.7 Å². The van der Waals surface area contributed by atoms with Gasteiger partial charge in [-0.2, -0.15) is 0 Å². The Hall–Kier alpha value is -2.48. The van der Waals surface area contributed by atoms with E-state index >= 15 is 0 Å². The number of methoxy groups -OCH3 is 1. The van der Waals surface area contributed by atoms with Gasteiger partial charge in [-0.05, 0) is 19.1 Å². The van der Waals surface area contributed by atoms with Crippen molar-refractivity contribution in [3.05, 3.63) is 18.2 Å². The zero-order valence-corrected chi connectivity index (χ0v) is 14.4. The van der Waals surface area contributed by atoms with Crippen molar-refractivity contribution in [2.75, 3.05) is 38.4 Å². The smallest absolute Gasteiger partial charge is 0.315 e. The molecule has 0 radical (unpaired) electrons. The van der Waals surface area contributed by atoms with E-state index in [0.717, 1.165) is 5.69 Å². The molecule has 3 rings (SSSR count). The van der Waals surface area contributed by atoms with Crippen LogP contribution in [-0.4, -0.2) is 57.5 Å². The maximum Gasteiger partial charge on any atom is 0.315 e. The third-order valence-corrected chi connectivity index (χ3v) is 4.09. The number of rotatable bonds is 5. The van der Waals surface area contributed by atoms with Gasteiger partial charge in [0.2, 0.25) is 5.91 Å². The number of anilines is 1. The minimum absolute atomic E-state index is 0.0353. The second-order valence-electron chi connectivity index (χ2n) is 6.21. The van der Waals surface area contributed by atoms with Crippen LogP contribution in [0.4, 0.5) is 10.5 Å². The highest BCUT2D eigenvalue weighted by Crippen LogP contribution is 2.35. The number of nitrogens with zero attached hydrogens (tertiary/aromatic N) is 1. The van der Waals surface area contributed by atoms with Crippen LogP contribution in [0, 0.1) is 0 Å². The first-order valence-corrected chi connectivity index (χ1v) is 8.33. The molecule has 2 N–H and O–H groups in total. The van der Waals surface area contributed by atoms with Gasteiger partial charge in [0.15, 0.2) is 11.5 Å². The predicted molar refractivity (Wildman–Crippen MR) is 91.2 cm³/mol.